The van der Waals surface area contributed by atoms with E-state index in [1.807, 2.05) is 30.6 Å². The van der Waals surface area contributed by atoms with Crippen molar-refractivity contribution in [3.8, 4) is 0 Å². The zero-order valence-electron chi connectivity index (χ0n) is 6.19. The minimum atomic E-state index is 0.459. The molecule has 1 radical (unpaired) electrons. The van der Waals surface area contributed by atoms with Crippen molar-refractivity contribution < 1.29 is 4.79 Å². The quantitative estimate of drug-likeness (QED) is 0.622. The van der Waals surface area contributed by atoms with Gasteiger partial charge >= 0.3 is 0 Å². The molecule has 2 rings (SSSR count). The SMILES string of the molecule is O=[C]c1cnnc2ccccc12. The molecule has 0 unspecified atom stereocenters. The molecular weight excluding hydrogens is 152 g/mol. The van der Waals surface area contributed by atoms with Crippen LogP contribution in [-0.2, 0) is 4.79 Å². The third kappa shape index (κ3) is 0.955. The van der Waals surface area contributed by atoms with E-state index in [0.717, 1.165) is 10.9 Å². The summed E-state index contributed by atoms with van der Waals surface area (Å²) in [6, 6.07) is 7.34. The van der Waals surface area contributed by atoms with Gasteiger partial charge in [-0.25, -0.2) is 0 Å². The summed E-state index contributed by atoms with van der Waals surface area (Å²) in [7, 11) is 0. The van der Waals surface area contributed by atoms with Crippen molar-refractivity contribution in [2.75, 3.05) is 0 Å². The molecule has 0 saturated carbocycles. The van der Waals surface area contributed by atoms with Crippen molar-refractivity contribution in [3.63, 3.8) is 0 Å². The number of aromatic nitrogens is 2. The third-order valence-electron chi connectivity index (χ3n) is 1.66. The van der Waals surface area contributed by atoms with Crippen molar-refractivity contribution in [2.24, 2.45) is 0 Å². The van der Waals surface area contributed by atoms with Crippen LogP contribution in [0.1, 0.15) is 5.56 Å². The third-order valence-corrected chi connectivity index (χ3v) is 1.66. The van der Waals surface area contributed by atoms with Crippen LogP contribution in [0.25, 0.3) is 10.9 Å². The summed E-state index contributed by atoms with van der Waals surface area (Å²) >= 11 is 0. The summed E-state index contributed by atoms with van der Waals surface area (Å²) in [5.41, 5.74) is 1.18. The van der Waals surface area contributed by atoms with Crippen molar-refractivity contribution in [1.29, 1.82) is 0 Å². The van der Waals surface area contributed by atoms with Gasteiger partial charge < -0.3 is 0 Å². The minimum absolute atomic E-state index is 0.459. The highest BCUT2D eigenvalue weighted by Gasteiger charge is 1.99. The summed E-state index contributed by atoms with van der Waals surface area (Å²) in [5, 5.41) is 8.33. The van der Waals surface area contributed by atoms with E-state index >= 15 is 0 Å². The maximum Gasteiger partial charge on any atom is 0.235 e. The summed E-state index contributed by atoms with van der Waals surface area (Å²) in [6.45, 7) is 0. The second-order valence-corrected chi connectivity index (χ2v) is 2.38. The number of benzene rings is 1. The van der Waals surface area contributed by atoms with Crippen LogP contribution in [0.15, 0.2) is 30.5 Å². The average Bonchev–Trinajstić information content (AvgIpc) is 2.17. The first-order valence-corrected chi connectivity index (χ1v) is 3.50. The van der Waals surface area contributed by atoms with Crippen LogP contribution in [0.2, 0.25) is 0 Å². The average molecular weight is 157 g/mol. The highest BCUT2D eigenvalue weighted by atomic mass is 16.1. The van der Waals surface area contributed by atoms with Gasteiger partial charge in [0.15, 0.2) is 0 Å². The van der Waals surface area contributed by atoms with Gasteiger partial charge in [-0.3, -0.25) is 4.79 Å². The molecule has 0 aliphatic carbocycles. The highest BCUT2D eigenvalue weighted by Crippen LogP contribution is 2.12. The first-order chi connectivity index (χ1) is 5.92. The van der Waals surface area contributed by atoms with Gasteiger partial charge in [0.1, 0.15) is 0 Å². The summed E-state index contributed by atoms with van der Waals surface area (Å²) in [6.07, 6.45) is 3.23. The maximum atomic E-state index is 10.4. The Morgan fingerprint density at radius 3 is 2.92 bits per heavy atom. The van der Waals surface area contributed by atoms with E-state index < -0.39 is 0 Å². The summed E-state index contributed by atoms with van der Waals surface area (Å²) in [4.78, 5) is 10.4. The molecule has 0 atom stereocenters. The molecule has 0 N–H and O–H groups in total. The molecule has 3 heteroatoms. The van der Waals surface area contributed by atoms with Gasteiger partial charge in [-0.2, -0.15) is 10.2 Å². The number of hydrogen-bond acceptors (Lipinski definition) is 3. The Morgan fingerprint density at radius 1 is 1.25 bits per heavy atom. The van der Waals surface area contributed by atoms with Crippen LogP contribution in [-0.4, -0.2) is 16.5 Å². The lowest BCUT2D eigenvalue weighted by Gasteiger charge is -1.95. The smallest absolute Gasteiger partial charge is 0.235 e. The lowest BCUT2D eigenvalue weighted by Crippen LogP contribution is -1.89. The fraction of sp³-hybridized carbons (Fsp3) is 0. The zero-order valence-corrected chi connectivity index (χ0v) is 6.19. The fourth-order valence-electron chi connectivity index (χ4n) is 1.09. The van der Waals surface area contributed by atoms with E-state index in [-0.39, 0.29) is 0 Å². The second kappa shape index (κ2) is 2.70. The number of rotatable bonds is 1. The number of fused-ring (bicyclic) bond motifs is 1. The van der Waals surface area contributed by atoms with Gasteiger partial charge in [0.05, 0.1) is 17.3 Å². The van der Waals surface area contributed by atoms with Crippen LogP contribution in [0.5, 0.6) is 0 Å². The summed E-state index contributed by atoms with van der Waals surface area (Å²) in [5.74, 6) is 0. The van der Waals surface area contributed by atoms with Gasteiger partial charge in [-0.1, -0.05) is 18.2 Å². The van der Waals surface area contributed by atoms with Crippen molar-refractivity contribution in [1.82, 2.24) is 10.2 Å². The van der Waals surface area contributed by atoms with Crippen LogP contribution in [0.4, 0.5) is 0 Å². The van der Waals surface area contributed by atoms with Crippen LogP contribution >= 0.6 is 0 Å². The molecule has 0 saturated heterocycles. The lowest BCUT2D eigenvalue weighted by atomic mass is 10.1. The standard InChI is InChI=1S/C9H5N2O/c12-6-7-5-10-11-9-4-2-1-3-8(7)9/h1-5H. The Bertz CT molecular complexity index is 420. The predicted molar refractivity (Wildman–Crippen MR) is 44.3 cm³/mol. The second-order valence-electron chi connectivity index (χ2n) is 2.38. The molecule has 1 aromatic carbocycles. The minimum Gasteiger partial charge on any atom is -0.285 e. The van der Waals surface area contributed by atoms with E-state index in [0.29, 0.717) is 5.56 Å². The van der Waals surface area contributed by atoms with Gasteiger partial charge in [-0.15, -0.1) is 0 Å². The van der Waals surface area contributed by atoms with E-state index in [2.05, 4.69) is 10.2 Å². The topological polar surface area (TPSA) is 42.9 Å². The monoisotopic (exact) mass is 157 g/mol. The molecule has 12 heavy (non-hydrogen) atoms. The number of nitrogens with zero attached hydrogens (tertiary/aromatic N) is 2. The number of carbonyl (C=O) groups excluding carboxylic acids is 1. The number of hydrogen-bond donors (Lipinski definition) is 0. The van der Waals surface area contributed by atoms with E-state index in [1.165, 1.54) is 6.20 Å². The highest BCUT2D eigenvalue weighted by molar-refractivity contribution is 5.95. The lowest BCUT2D eigenvalue weighted by molar-refractivity contribution is 0.563. The Kier molecular flexibility index (Phi) is 1.55. The first kappa shape index (κ1) is 6.91. The molecule has 57 valence electrons. The zero-order chi connectivity index (χ0) is 8.39. The van der Waals surface area contributed by atoms with E-state index in [1.54, 1.807) is 0 Å². The molecule has 0 aliphatic rings. The Balaban J connectivity index is 2.88. The van der Waals surface area contributed by atoms with E-state index in [4.69, 9.17) is 0 Å². The molecular formula is C9H5N2O. The Morgan fingerprint density at radius 2 is 2.08 bits per heavy atom. The summed E-state index contributed by atoms with van der Waals surface area (Å²) < 4.78 is 0. The van der Waals surface area contributed by atoms with Gasteiger partial charge in [-0.05, 0) is 6.07 Å². The molecule has 0 bridgehead atoms. The van der Waals surface area contributed by atoms with Gasteiger partial charge in [0.25, 0.3) is 0 Å². The first-order valence-electron chi connectivity index (χ1n) is 3.50. The molecule has 0 fully saturated rings. The molecule has 2 aromatic rings. The van der Waals surface area contributed by atoms with Crippen molar-refractivity contribution in [2.45, 2.75) is 0 Å². The fourth-order valence-corrected chi connectivity index (χ4v) is 1.09. The molecule has 3 nitrogen and oxygen atoms in total. The van der Waals surface area contributed by atoms with Gasteiger partial charge in [0.2, 0.25) is 6.29 Å². The molecule has 0 amide bonds. The van der Waals surface area contributed by atoms with Crippen LogP contribution in [0.3, 0.4) is 0 Å². The van der Waals surface area contributed by atoms with E-state index in [9.17, 15) is 4.79 Å². The van der Waals surface area contributed by atoms with Crippen LogP contribution in [0, 0.1) is 0 Å². The Labute approximate surface area is 69.0 Å². The van der Waals surface area contributed by atoms with Crippen LogP contribution < -0.4 is 0 Å². The molecule has 1 aromatic heterocycles. The molecule has 0 spiro atoms. The van der Waals surface area contributed by atoms with Crippen molar-refractivity contribution >= 4 is 17.2 Å². The molecule has 0 aliphatic heterocycles. The van der Waals surface area contributed by atoms with Gasteiger partial charge in [0, 0.05) is 5.39 Å². The Hall–Kier alpha value is -1.77. The molecule has 1 heterocycles. The predicted octanol–water partition coefficient (Wildman–Crippen LogP) is 1.09. The van der Waals surface area contributed by atoms with Crippen molar-refractivity contribution in [3.05, 3.63) is 36.0 Å². The maximum absolute atomic E-state index is 10.4. The normalized spacial score (nSPS) is 10.0. The largest absolute Gasteiger partial charge is 0.285 e.